The lowest BCUT2D eigenvalue weighted by molar-refractivity contribution is 0.172. The minimum atomic E-state index is -0.172. The van der Waals surface area contributed by atoms with Crippen molar-refractivity contribution in [3.8, 4) is 0 Å². The van der Waals surface area contributed by atoms with Gasteiger partial charge in [-0.25, -0.2) is 0 Å². The first-order chi connectivity index (χ1) is 6.77. The largest absolute Gasteiger partial charge is 0.391 e. The van der Waals surface area contributed by atoms with Crippen molar-refractivity contribution in [2.75, 3.05) is 5.32 Å². The van der Waals surface area contributed by atoms with Gasteiger partial charge >= 0.3 is 0 Å². The molecule has 2 atom stereocenters. The molecule has 0 aromatic heterocycles. The van der Waals surface area contributed by atoms with Crippen LogP contribution in [-0.2, 0) is 0 Å². The minimum Gasteiger partial charge on any atom is -0.391 e. The van der Waals surface area contributed by atoms with E-state index in [-0.39, 0.29) is 12.1 Å². The Hall–Kier alpha value is -1.02. The minimum absolute atomic E-state index is 0.172. The summed E-state index contributed by atoms with van der Waals surface area (Å²) in [5.41, 5.74) is 2.39. The van der Waals surface area contributed by atoms with Crippen LogP contribution < -0.4 is 5.32 Å². The zero-order valence-corrected chi connectivity index (χ0v) is 8.53. The maximum atomic E-state index is 9.68. The molecule has 1 aromatic rings. The maximum Gasteiger partial charge on any atom is 0.0741 e. The molecule has 1 aromatic carbocycles. The average Bonchev–Trinajstić information content (AvgIpc) is 2.56. The third-order valence-electron chi connectivity index (χ3n) is 2.97. The summed E-state index contributed by atoms with van der Waals surface area (Å²) in [6, 6.07) is 8.46. The van der Waals surface area contributed by atoms with Gasteiger partial charge in [-0.3, -0.25) is 0 Å². The molecule has 1 saturated carbocycles. The number of para-hydroxylation sites is 1. The van der Waals surface area contributed by atoms with Crippen LogP contribution in [0, 0.1) is 6.92 Å². The first-order valence-corrected chi connectivity index (χ1v) is 5.27. The third kappa shape index (κ3) is 1.90. The van der Waals surface area contributed by atoms with Crippen molar-refractivity contribution in [2.24, 2.45) is 0 Å². The van der Waals surface area contributed by atoms with Gasteiger partial charge in [-0.05, 0) is 37.8 Å². The van der Waals surface area contributed by atoms with E-state index in [4.69, 9.17) is 0 Å². The van der Waals surface area contributed by atoms with Gasteiger partial charge in [0, 0.05) is 5.69 Å². The van der Waals surface area contributed by atoms with E-state index in [2.05, 4.69) is 24.4 Å². The van der Waals surface area contributed by atoms with Crippen molar-refractivity contribution in [2.45, 2.75) is 38.3 Å². The van der Waals surface area contributed by atoms with Crippen molar-refractivity contribution in [1.29, 1.82) is 0 Å². The summed E-state index contributed by atoms with van der Waals surface area (Å²) in [5.74, 6) is 0. The van der Waals surface area contributed by atoms with Gasteiger partial charge in [0.2, 0.25) is 0 Å². The van der Waals surface area contributed by atoms with Gasteiger partial charge < -0.3 is 10.4 Å². The topological polar surface area (TPSA) is 32.3 Å². The van der Waals surface area contributed by atoms with Gasteiger partial charge in [-0.2, -0.15) is 0 Å². The molecule has 0 aliphatic heterocycles. The Kier molecular flexibility index (Phi) is 2.73. The van der Waals surface area contributed by atoms with Crippen LogP contribution >= 0.6 is 0 Å². The standard InChI is InChI=1S/C12H17NO/c1-9-5-2-3-6-10(9)13-11-7-4-8-12(11)14/h2-3,5-6,11-14H,4,7-8H2,1H3/t11-,12-/m1/s1. The quantitative estimate of drug-likeness (QED) is 0.752. The number of aliphatic hydroxyl groups excluding tert-OH is 1. The summed E-state index contributed by atoms with van der Waals surface area (Å²) in [7, 11) is 0. The van der Waals surface area contributed by atoms with E-state index >= 15 is 0 Å². The summed E-state index contributed by atoms with van der Waals surface area (Å²) < 4.78 is 0. The van der Waals surface area contributed by atoms with Crippen LogP contribution in [0.4, 0.5) is 5.69 Å². The van der Waals surface area contributed by atoms with Crippen LogP contribution in [0.1, 0.15) is 24.8 Å². The molecular formula is C12H17NO. The Morgan fingerprint density at radius 2 is 2.07 bits per heavy atom. The second kappa shape index (κ2) is 4.01. The van der Waals surface area contributed by atoms with Crippen molar-refractivity contribution >= 4 is 5.69 Å². The third-order valence-corrected chi connectivity index (χ3v) is 2.97. The predicted octanol–water partition coefficient (Wildman–Crippen LogP) is 2.32. The zero-order chi connectivity index (χ0) is 9.97. The highest BCUT2D eigenvalue weighted by molar-refractivity contribution is 5.51. The molecule has 2 rings (SSSR count). The van der Waals surface area contributed by atoms with E-state index < -0.39 is 0 Å². The van der Waals surface area contributed by atoms with Gasteiger partial charge in [0.15, 0.2) is 0 Å². The van der Waals surface area contributed by atoms with Crippen LogP contribution in [0.3, 0.4) is 0 Å². The molecule has 1 fully saturated rings. The SMILES string of the molecule is Cc1ccccc1N[C@@H]1CCC[C@H]1O. The van der Waals surface area contributed by atoms with Crippen molar-refractivity contribution in [3.05, 3.63) is 29.8 Å². The van der Waals surface area contributed by atoms with Crippen LogP contribution in [0.5, 0.6) is 0 Å². The number of rotatable bonds is 2. The molecule has 0 bridgehead atoms. The summed E-state index contributed by atoms with van der Waals surface area (Å²) in [6.45, 7) is 2.09. The molecule has 14 heavy (non-hydrogen) atoms. The van der Waals surface area contributed by atoms with E-state index in [1.54, 1.807) is 0 Å². The molecule has 1 aliphatic carbocycles. The summed E-state index contributed by atoms with van der Waals surface area (Å²) in [5, 5.41) is 13.1. The Balaban J connectivity index is 2.07. The lowest BCUT2D eigenvalue weighted by Gasteiger charge is -2.19. The zero-order valence-electron chi connectivity index (χ0n) is 8.53. The molecular weight excluding hydrogens is 174 g/mol. The molecule has 0 spiro atoms. The Bertz CT molecular complexity index is 311. The van der Waals surface area contributed by atoms with E-state index in [1.807, 2.05) is 12.1 Å². The summed E-state index contributed by atoms with van der Waals surface area (Å²) in [4.78, 5) is 0. The molecule has 0 heterocycles. The lowest BCUT2D eigenvalue weighted by Crippen LogP contribution is -2.28. The Morgan fingerprint density at radius 3 is 2.71 bits per heavy atom. The monoisotopic (exact) mass is 191 g/mol. The van der Waals surface area contributed by atoms with Crippen molar-refractivity contribution in [1.82, 2.24) is 0 Å². The number of anilines is 1. The highest BCUT2D eigenvalue weighted by atomic mass is 16.3. The van der Waals surface area contributed by atoms with Gasteiger partial charge in [-0.15, -0.1) is 0 Å². The fourth-order valence-electron chi connectivity index (χ4n) is 2.04. The Labute approximate surface area is 85.0 Å². The molecule has 0 unspecified atom stereocenters. The lowest BCUT2D eigenvalue weighted by atomic mass is 10.1. The molecule has 0 radical (unpaired) electrons. The second-order valence-electron chi connectivity index (χ2n) is 4.06. The molecule has 1 aliphatic rings. The van der Waals surface area contributed by atoms with Crippen LogP contribution in [0.25, 0.3) is 0 Å². The van der Waals surface area contributed by atoms with Crippen LogP contribution in [0.2, 0.25) is 0 Å². The Morgan fingerprint density at radius 1 is 1.29 bits per heavy atom. The fourth-order valence-corrected chi connectivity index (χ4v) is 2.04. The highest BCUT2D eigenvalue weighted by Gasteiger charge is 2.24. The number of benzene rings is 1. The van der Waals surface area contributed by atoms with Crippen LogP contribution in [-0.4, -0.2) is 17.3 Å². The fraction of sp³-hybridized carbons (Fsp3) is 0.500. The molecule has 2 nitrogen and oxygen atoms in total. The smallest absolute Gasteiger partial charge is 0.0741 e. The second-order valence-corrected chi connectivity index (χ2v) is 4.06. The number of nitrogens with one attached hydrogen (secondary N) is 1. The van der Waals surface area contributed by atoms with Gasteiger partial charge in [-0.1, -0.05) is 18.2 Å². The van der Waals surface area contributed by atoms with E-state index in [1.165, 1.54) is 5.56 Å². The first kappa shape index (κ1) is 9.53. The highest BCUT2D eigenvalue weighted by Crippen LogP contribution is 2.24. The normalized spacial score (nSPS) is 26.4. The van der Waals surface area contributed by atoms with Gasteiger partial charge in [0.1, 0.15) is 0 Å². The van der Waals surface area contributed by atoms with Gasteiger partial charge in [0.25, 0.3) is 0 Å². The average molecular weight is 191 g/mol. The summed E-state index contributed by atoms with van der Waals surface area (Å²) in [6.07, 6.45) is 2.97. The van der Waals surface area contributed by atoms with Crippen molar-refractivity contribution in [3.63, 3.8) is 0 Å². The number of hydrogen-bond donors (Lipinski definition) is 2. The van der Waals surface area contributed by atoms with Crippen molar-refractivity contribution < 1.29 is 5.11 Å². The first-order valence-electron chi connectivity index (χ1n) is 5.27. The molecule has 2 heteroatoms. The maximum absolute atomic E-state index is 9.68. The molecule has 76 valence electrons. The molecule has 0 saturated heterocycles. The summed E-state index contributed by atoms with van der Waals surface area (Å²) >= 11 is 0. The predicted molar refractivity (Wildman–Crippen MR) is 58.4 cm³/mol. The van der Waals surface area contributed by atoms with E-state index in [0.29, 0.717) is 0 Å². The molecule has 2 N–H and O–H groups in total. The molecule has 0 amide bonds. The number of hydrogen-bond acceptors (Lipinski definition) is 2. The number of aryl methyl sites for hydroxylation is 1. The van der Waals surface area contributed by atoms with Crippen LogP contribution in [0.15, 0.2) is 24.3 Å². The van der Waals surface area contributed by atoms with Gasteiger partial charge in [0.05, 0.1) is 12.1 Å². The van der Waals surface area contributed by atoms with E-state index in [9.17, 15) is 5.11 Å². The number of aliphatic hydroxyl groups is 1. The van der Waals surface area contributed by atoms with E-state index in [0.717, 1.165) is 24.9 Å².